The van der Waals surface area contributed by atoms with Crippen molar-refractivity contribution in [3.05, 3.63) is 66.1 Å². The minimum Gasteiger partial charge on any atom is -0.496 e. The fourth-order valence-corrected chi connectivity index (χ4v) is 2.21. The van der Waals surface area contributed by atoms with Gasteiger partial charge in [-0.05, 0) is 29.8 Å². The number of ether oxygens (including phenoxy) is 1. The van der Waals surface area contributed by atoms with E-state index in [0.717, 1.165) is 11.1 Å². The maximum atomic E-state index is 12.2. The molecule has 2 N–H and O–H groups in total. The molecule has 23 heavy (non-hydrogen) atoms. The third-order valence-electron chi connectivity index (χ3n) is 3.38. The summed E-state index contributed by atoms with van der Waals surface area (Å²) in [5.41, 5.74) is 2.83. The lowest BCUT2D eigenvalue weighted by molar-refractivity contribution is 0.0946. The number of hydrogen-bond donors (Lipinski definition) is 2. The summed E-state index contributed by atoms with van der Waals surface area (Å²) < 4.78 is 5.31. The lowest BCUT2D eigenvalue weighted by atomic mass is 10.1. The maximum Gasteiger partial charge on any atom is 0.269 e. The molecule has 3 rings (SSSR count). The van der Waals surface area contributed by atoms with E-state index in [2.05, 4.69) is 20.5 Å². The largest absolute Gasteiger partial charge is 0.496 e. The summed E-state index contributed by atoms with van der Waals surface area (Å²) in [7, 11) is 1.60. The Morgan fingerprint density at radius 2 is 2.13 bits per heavy atom. The zero-order valence-corrected chi connectivity index (χ0v) is 12.6. The van der Waals surface area contributed by atoms with Crippen LogP contribution >= 0.6 is 0 Å². The van der Waals surface area contributed by atoms with Crippen molar-refractivity contribution in [2.24, 2.45) is 0 Å². The van der Waals surface area contributed by atoms with Gasteiger partial charge in [0.2, 0.25) is 0 Å². The van der Waals surface area contributed by atoms with Crippen molar-refractivity contribution < 1.29 is 9.53 Å². The Labute approximate surface area is 133 Å². The Kier molecular flexibility index (Phi) is 4.33. The molecule has 116 valence electrons. The van der Waals surface area contributed by atoms with Crippen molar-refractivity contribution in [2.75, 3.05) is 7.11 Å². The first kappa shape index (κ1) is 14.8. The van der Waals surface area contributed by atoms with Crippen LogP contribution in [0.1, 0.15) is 16.1 Å². The molecule has 0 aliphatic carbocycles. The quantitative estimate of drug-likeness (QED) is 0.758. The predicted molar refractivity (Wildman–Crippen MR) is 86.0 cm³/mol. The van der Waals surface area contributed by atoms with E-state index in [-0.39, 0.29) is 5.91 Å². The average Bonchev–Trinajstić information content (AvgIpc) is 3.10. The average molecular weight is 308 g/mol. The van der Waals surface area contributed by atoms with Gasteiger partial charge in [0.05, 0.1) is 12.8 Å². The lowest BCUT2D eigenvalue weighted by Gasteiger charge is -2.04. The van der Waals surface area contributed by atoms with Crippen molar-refractivity contribution in [3.8, 4) is 17.0 Å². The number of rotatable bonds is 5. The SMILES string of the molecule is COc1ccccc1-c1cc(C(=O)NCc2cccnc2)[nH]n1. The molecule has 3 aromatic rings. The molecule has 0 saturated heterocycles. The second kappa shape index (κ2) is 6.74. The number of carbonyl (C=O) groups excluding carboxylic acids is 1. The third-order valence-corrected chi connectivity index (χ3v) is 3.38. The monoisotopic (exact) mass is 308 g/mol. The molecule has 0 fully saturated rings. The van der Waals surface area contributed by atoms with Crippen molar-refractivity contribution in [3.63, 3.8) is 0 Å². The smallest absolute Gasteiger partial charge is 0.269 e. The number of methoxy groups -OCH3 is 1. The highest BCUT2D eigenvalue weighted by molar-refractivity contribution is 5.93. The molecular weight excluding hydrogens is 292 g/mol. The normalized spacial score (nSPS) is 10.3. The minimum absolute atomic E-state index is 0.220. The van der Waals surface area contributed by atoms with E-state index >= 15 is 0 Å². The van der Waals surface area contributed by atoms with Crippen molar-refractivity contribution in [1.82, 2.24) is 20.5 Å². The summed E-state index contributed by atoms with van der Waals surface area (Å²) >= 11 is 0. The zero-order valence-electron chi connectivity index (χ0n) is 12.6. The number of aromatic amines is 1. The van der Waals surface area contributed by atoms with Crippen LogP contribution < -0.4 is 10.1 Å². The molecule has 1 aromatic carbocycles. The second-order valence-electron chi connectivity index (χ2n) is 4.91. The van der Waals surface area contributed by atoms with E-state index in [9.17, 15) is 4.79 Å². The fourth-order valence-electron chi connectivity index (χ4n) is 2.21. The molecule has 6 heteroatoms. The molecule has 2 heterocycles. The predicted octanol–water partition coefficient (Wildman–Crippen LogP) is 2.41. The van der Waals surface area contributed by atoms with E-state index < -0.39 is 0 Å². The van der Waals surface area contributed by atoms with Gasteiger partial charge in [-0.2, -0.15) is 5.10 Å². The third kappa shape index (κ3) is 3.37. The van der Waals surface area contributed by atoms with E-state index in [0.29, 0.717) is 23.7 Å². The summed E-state index contributed by atoms with van der Waals surface area (Å²) in [6, 6.07) is 13.0. The van der Waals surface area contributed by atoms with Gasteiger partial charge in [0.1, 0.15) is 11.4 Å². The highest BCUT2D eigenvalue weighted by Crippen LogP contribution is 2.28. The van der Waals surface area contributed by atoms with Gasteiger partial charge >= 0.3 is 0 Å². The van der Waals surface area contributed by atoms with E-state index in [1.807, 2.05) is 36.4 Å². The molecule has 0 bridgehead atoms. The van der Waals surface area contributed by atoms with Crippen LogP contribution in [0.25, 0.3) is 11.3 Å². The molecule has 0 atom stereocenters. The van der Waals surface area contributed by atoms with Gasteiger partial charge in [-0.3, -0.25) is 14.9 Å². The molecule has 1 amide bonds. The number of nitrogens with zero attached hydrogens (tertiary/aromatic N) is 2. The summed E-state index contributed by atoms with van der Waals surface area (Å²) in [6.45, 7) is 0.412. The number of nitrogens with one attached hydrogen (secondary N) is 2. The molecule has 2 aromatic heterocycles. The van der Waals surface area contributed by atoms with Gasteiger partial charge in [0, 0.05) is 24.5 Å². The standard InChI is InChI=1S/C17H16N4O2/c1-23-16-7-3-2-6-13(16)14-9-15(21-20-14)17(22)19-11-12-5-4-8-18-10-12/h2-10H,11H2,1H3,(H,19,22)(H,20,21). The van der Waals surface area contributed by atoms with E-state index in [1.165, 1.54) is 0 Å². The van der Waals surface area contributed by atoms with Crippen LogP contribution in [0.15, 0.2) is 54.9 Å². The highest BCUT2D eigenvalue weighted by atomic mass is 16.5. The first-order chi connectivity index (χ1) is 11.3. The van der Waals surface area contributed by atoms with Crippen molar-refractivity contribution in [1.29, 1.82) is 0 Å². The van der Waals surface area contributed by atoms with Crippen LogP contribution in [-0.2, 0) is 6.54 Å². The van der Waals surface area contributed by atoms with Crippen LogP contribution in [0.2, 0.25) is 0 Å². The Morgan fingerprint density at radius 3 is 2.91 bits per heavy atom. The van der Waals surface area contributed by atoms with Gasteiger partial charge in [0.25, 0.3) is 5.91 Å². The summed E-state index contributed by atoms with van der Waals surface area (Å²) in [5.74, 6) is 0.490. The van der Waals surface area contributed by atoms with Gasteiger partial charge in [-0.1, -0.05) is 18.2 Å². The number of pyridine rings is 1. The highest BCUT2D eigenvalue weighted by Gasteiger charge is 2.13. The molecule has 0 unspecified atom stereocenters. The lowest BCUT2D eigenvalue weighted by Crippen LogP contribution is -2.23. The van der Waals surface area contributed by atoms with Crippen molar-refractivity contribution >= 4 is 5.91 Å². The van der Waals surface area contributed by atoms with Crippen LogP contribution in [0.5, 0.6) is 5.75 Å². The number of hydrogen-bond acceptors (Lipinski definition) is 4. The summed E-state index contributed by atoms with van der Waals surface area (Å²) in [6.07, 6.45) is 3.41. The molecule has 0 saturated carbocycles. The Balaban J connectivity index is 1.72. The molecule has 6 nitrogen and oxygen atoms in total. The number of amides is 1. The topological polar surface area (TPSA) is 79.9 Å². The first-order valence-corrected chi connectivity index (χ1v) is 7.14. The first-order valence-electron chi connectivity index (χ1n) is 7.14. The zero-order chi connectivity index (χ0) is 16.1. The van der Waals surface area contributed by atoms with Gasteiger partial charge in [0.15, 0.2) is 0 Å². The second-order valence-corrected chi connectivity index (χ2v) is 4.91. The summed E-state index contributed by atoms with van der Waals surface area (Å²) in [4.78, 5) is 16.2. The van der Waals surface area contributed by atoms with Crippen LogP contribution in [0.4, 0.5) is 0 Å². The molecular formula is C17H16N4O2. The van der Waals surface area contributed by atoms with Gasteiger partial charge < -0.3 is 10.1 Å². The number of para-hydroxylation sites is 1. The molecule has 0 aliphatic rings. The minimum atomic E-state index is -0.220. The number of benzene rings is 1. The van der Waals surface area contributed by atoms with Crippen LogP contribution in [0, 0.1) is 0 Å². The number of carbonyl (C=O) groups is 1. The van der Waals surface area contributed by atoms with Crippen LogP contribution in [0.3, 0.4) is 0 Å². The van der Waals surface area contributed by atoms with Gasteiger partial charge in [-0.15, -0.1) is 0 Å². The fraction of sp³-hybridized carbons (Fsp3) is 0.118. The number of H-pyrrole nitrogens is 1. The summed E-state index contributed by atoms with van der Waals surface area (Å²) in [5, 5.41) is 9.78. The van der Waals surface area contributed by atoms with Gasteiger partial charge in [-0.25, -0.2) is 0 Å². The Hall–Kier alpha value is -3.15. The van der Waals surface area contributed by atoms with E-state index in [1.54, 1.807) is 25.6 Å². The van der Waals surface area contributed by atoms with Crippen molar-refractivity contribution in [2.45, 2.75) is 6.54 Å². The van der Waals surface area contributed by atoms with E-state index in [4.69, 9.17) is 4.74 Å². The Bertz CT molecular complexity index is 799. The maximum absolute atomic E-state index is 12.2. The Morgan fingerprint density at radius 1 is 1.26 bits per heavy atom. The molecule has 0 aliphatic heterocycles. The molecule has 0 spiro atoms. The molecule has 0 radical (unpaired) electrons. The van der Waals surface area contributed by atoms with Crippen LogP contribution in [-0.4, -0.2) is 28.2 Å². The number of aromatic nitrogens is 3.